The number of hydrogen-bond acceptors (Lipinski definition) is 7. The van der Waals surface area contributed by atoms with Crippen LogP contribution in [0, 0.1) is 0 Å². The van der Waals surface area contributed by atoms with Gasteiger partial charge in [-0.1, -0.05) is 23.7 Å². The molecule has 1 heterocycles. The van der Waals surface area contributed by atoms with Crippen molar-refractivity contribution >= 4 is 35.3 Å². The van der Waals surface area contributed by atoms with Gasteiger partial charge in [-0.25, -0.2) is 9.89 Å². The molecule has 1 amide bonds. The van der Waals surface area contributed by atoms with Gasteiger partial charge in [-0.2, -0.15) is 18.2 Å². The van der Waals surface area contributed by atoms with Crippen LogP contribution >= 0.6 is 11.6 Å². The number of nitrogen functional groups attached to an aromatic ring is 1. The first kappa shape index (κ1) is 27.9. The normalized spacial score (nSPS) is 12.2. The Morgan fingerprint density at radius 1 is 1.11 bits per heavy atom. The molecule has 0 radical (unpaired) electrons. The molecule has 0 atom stereocenters. The summed E-state index contributed by atoms with van der Waals surface area (Å²) in [5.41, 5.74) is 3.18. The molecule has 0 fully saturated rings. The molecule has 0 unspecified atom stereocenters. The second-order valence-electron chi connectivity index (χ2n) is 9.87. The van der Waals surface area contributed by atoms with Gasteiger partial charge in [0.1, 0.15) is 18.0 Å². The molecule has 0 bridgehead atoms. The van der Waals surface area contributed by atoms with E-state index in [1.807, 2.05) is 0 Å². The highest BCUT2D eigenvalue weighted by Crippen LogP contribution is 2.43. The fourth-order valence-corrected chi connectivity index (χ4v) is 3.58. The average Bonchev–Trinajstić information content (AvgIpc) is 3.14. The Hall–Kier alpha value is -3.67. The summed E-state index contributed by atoms with van der Waals surface area (Å²) in [6.07, 6.45) is -5.28. The fourth-order valence-electron chi connectivity index (χ4n) is 3.25. The van der Waals surface area contributed by atoms with Crippen LogP contribution in [-0.4, -0.2) is 39.0 Å². The van der Waals surface area contributed by atoms with Crippen molar-refractivity contribution < 1.29 is 27.4 Å². The minimum Gasteiger partial charge on any atom is -0.491 e. The number of hydrogen-bond donors (Lipinski definition) is 4. The smallest absolute Gasteiger partial charge is 0.417 e. The van der Waals surface area contributed by atoms with Gasteiger partial charge < -0.3 is 25.8 Å². The Bertz CT molecular complexity index is 1250. The molecule has 2 aromatic carbocycles. The number of rotatable bonds is 7. The lowest BCUT2D eigenvalue weighted by molar-refractivity contribution is -0.137. The van der Waals surface area contributed by atoms with E-state index in [1.165, 1.54) is 30.3 Å². The number of nitrogens with zero attached hydrogens (tertiary/aromatic N) is 2. The van der Waals surface area contributed by atoms with E-state index in [0.29, 0.717) is 5.75 Å². The van der Waals surface area contributed by atoms with Gasteiger partial charge in [-0.3, -0.25) is 0 Å². The van der Waals surface area contributed by atoms with Crippen molar-refractivity contribution in [2.45, 2.75) is 51.9 Å². The summed E-state index contributed by atoms with van der Waals surface area (Å²) in [5.74, 6) is 0.403. The maximum Gasteiger partial charge on any atom is 0.417 e. The highest BCUT2D eigenvalue weighted by atomic mass is 35.5. The monoisotopic (exact) mass is 540 g/mol. The minimum atomic E-state index is -4.69. The zero-order valence-electron chi connectivity index (χ0n) is 20.9. The molecule has 3 rings (SSSR count). The van der Waals surface area contributed by atoms with E-state index in [2.05, 4.69) is 25.8 Å². The van der Waals surface area contributed by atoms with E-state index in [4.69, 9.17) is 26.8 Å². The number of amides is 1. The van der Waals surface area contributed by atoms with Crippen molar-refractivity contribution in [3.8, 4) is 16.9 Å². The number of benzene rings is 2. The number of halogens is 4. The predicted octanol–water partition coefficient (Wildman–Crippen LogP) is 6.15. The lowest BCUT2D eigenvalue weighted by Gasteiger charge is -2.28. The number of carbonyl (C=O) groups is 1. The van der Waals surface area contributed by atoms with Crippen LogP contribution in [0.2, 0.25) is 5.02 Å². The number of alkyl carbamates (subject to hydrolysis) is 1. The van der Waals surface area contributed by atoms with Gasteiger partial charge >= 0.3 is 12.3 Å². The van der Waals surface area contributed by atoms with E-state index in [0.717, 1.165) is 6.07 Å². The molecule has 0 saturated heterocycles. The van der Waals surface area contributed by atoms with E-state index in [1.54, 1.807) is 34.6 Å². The number of aromatic nitrogens is 3. The Morgan fingerprint density at radius 3 is 2.30 bits per heavy atom. The van der Waals surface area contributed by atoms with Crippen LogP contribution in [0.4, 0.5) is 35.5 Å². The van der Waals surface area contributed by atoms with Crippen LogP contribution in [0.3, 0.4) is 0 Å². The molecule has 37 heavy (non-hydrogen) atoms. The first-order valence-electron chi connectivity index (χ1n) is 11.1. The van der Waals surface area contributed by atoms with Crippen LogP contribution in [0.25, 0.3) is 11.1 Å². The van der Waals surface area contributed by atoms with Crippen molar-refractivity contribution in [1.29, 1.82) is 0 Å². The highest BCUT2D eigenvalue weighted by molar-refractivity contribution is 6.34. The first-order valence-corrected chi connectivity index (χ1v) is 11.5. The van der Waals surface area contributed by atoms with Gasteiger partial charge in [-0.05, 0) is 64.4 Å². The Balaban J connectivity index is 1.78. The number of nitrogens with two attached hydrogens (primary N) is 1. The molecular formula is C24H28ClF3N6O3. The third-order valence-electron chi connectivity index (χ3n) is 4.74. The molecule has 0 saturated carbocycles. The highest BCUT2D eigenvalue weighted by Gasteiger charge is 2.35. The number of carbonyl (C=O) groups excluding carboxylic acids is 1. The number of nitrogens with one attached hydrogen (secondary N) is 3. The number of alkyl halides is 3. The van der Waals surface area contributed by atoms with Gasteiger partial charge in [0.25, 0.3) is 0 Å². The number of anilines is 3. The number of ether oxygens (including phenoxy) is 2. The molecule has 13 heteroatoms. The first-order chi connectivity index (χ1) is 17.0. The van der Waals surface area contributed by atoms with Crippen molar-refractivity contribution in [1.82, 2.24) is 20.5 Å². The molecule has 0 spiro atoms. The zero-order chi connectivity index (χ0) is 27.6. The largest absolute Gasteiger partial charge is 0.491 e. The predicted molar refractivity (Wildman–Crippen MR) is 135 cm³/mol. The number of H-pyrrole nitrogens is 1. The summed E-state index contributed by atoms with van der Waals surface area (Å²) >= 11 is 6.30. The molecule has 0 aliphatic heterocycles. The summed E-state index contributed by atoms with van der Waals surface area (Å²) in [6.45, 7) is 8.86. The van der Waals surface area contributed by atoms with Crippen LogP contribution < -0.4 is 21.1 Å². The SMILES string of the molecule is CC(C)(COc1ccc(-c2c(Cl)cc(Nc3n[nH]c(N)n3)cc2C(F)(F)F)cc1)NC(=O)OC(C)(C)C. The molecule has 0 aliphatic rings. The van der Waals surface area contributed by atoms with Crippen LogP contribution in [0.1, 0.15) is 40.2 Å². The summed E-state index contributed by atoms with van der Waals surface area (Å²) in [6, 6.07) is 8.26. The standard InChI is InChI=1S/C24H28ClF3N6O3/c1-22(2,3)37-21(35)32-23(4,5)12-36-15-8-6-13(7-9-15)18-16(24(26,27)28)10-14(11-17(18)25)30-20-31-19(29)33-34-20/h6-11H,12H2,1-5H3,(H,32,35)(H4,29,30,31,33,34). The Kier molecular flexibility index (Phi) is 7.82. The summed E-state index contributed by atoms with van der Waals surface area (Å²) in [7, 11) is 0. The van der Waals surface area contributed by atoms with E-state index in [9.17, 15) is 18.0 Å². The third kappa shape index (κ3) is 7.91. The Labute approximate surface area is 216 Å². The van der Waals surface area contributed by atoms with Crippen LogP contribution in [0.5, 0.6) is 5.75 Å². The van der Waals surface area contributed by atoms with Crippen molar-refractivity contribution in [2.24, 2.45) is 0 Å². The molecule has 1 aromatic heterocycles. The van der Waals surface area contributed by atoms with Gasteiger partial charge in [0.05, 0.1) is 16.1 Å². The molecular weight excluding hydrogens is 513 g/mol. The molecule has 0 aliphatic carbocycles. The topological polar surface area (TPSA) is 127 Å². The van der Waals surface area contributed by atoms with Crippen LogP contribution in [-0.2, 0) is 10.9 Å². The van der Waals surface area contributed by atoms with Gasteiger partial charge in [-0.15, -0.1) is 5.10 Å². The quantitative estimate of drug-likeness (QED) is 0.283. The lowest BCUT2D eigenvalue weighted by atomic mass is 9.98. The summed E-state index contributed by atoms with van der Waals surface area (Å²) in [4.78, 5) is 15.9. The maximum atomic E-state index is 14.0. The minimum absolute atomic E-state index is 0.0000235. The lowest BCUT2D eigenvalue weighted by Crippen LogP contribution is -2.49. The molecule has 3 aromatic rings. The zero-order valence-corrected chi connectivity index (χ0v) is 21.6. The van der Waals surface area contributed by atoms with Gasteiger partial charge in [0.15, 0.2) is 0 Å². The van der Waals surface area contributed by atoms with Crippen molar-refractivity contribution in [2.75, 3.05) is 17.7 Å². The van der Waals surface area contributed by atoms with E-state index < -0.39 is 29.0 Å². The third-order valence-corrected chi connectivity index (χ3v) is 5.03. The summed E-state index contributed by atoms with van der Waals surface area (Å²) in [5, 5.41) is 11.4. The molecule has 5 N–H and O–H groups in total. The average molecular weight is 541 g/mol. The second-order valence-corrected chi connectivity index (χ2v) is 10.3. The number of aromatic amines is 1. The Morgan fingerprint density at radius 2 is 1.76 bits per heavy atom. The maximum absolute atomic E-state index is 14.0. The summed E-state index contributed by atoms with van der Waals surface area (Å²) < 4.78 is 52.9. The van der Waals surface area contributed by atoms with Crippen molar-refractivity contribution in [3.05, 3.63) is 47.0 Å². The molecule has 9 nitrogen and oxygen atoms in total. The molecule has 200 valence electrons. The van der Waals surface area contributed by atoms with Gasteiger partial charge in [0, 0.05) is 11.3 Å². The van der Waals surface area contributed by atoms with Crippen LogP contribution in [0.15, 0.2) is 36.4 Å². The fraction of sp³-hybridized carbons (Fsp3) is 0.375. The second kappa shape index (κ2) is 10.4. The van der Waals surface area contributed by atoms with E-state index >= 15 is 0 Å². The van der Waals surface area contributed by atoms with Gasteiger partial charge in [0.2, 0.25) is 11.9 Å². The van der Waals surface area contributed by atoms with Crippen molar-refractivity contribution in [3.63, 3.8) is 0 Å². The van der Waals surface area contributed by atoms with E-state index in [-0.39, 0.29) is 40.3 Å².